The van der Waals surface area contributed by atoms with Crippen LogP contribution in [0.5, 0.6) is 0 Å². The van der Waals surface area contributed by atoms with Crippen LogP contribution in [0, 0.1) is 0 Å². The first-order chi connectivity index (χ1) is 10.4. The molecule has 0 spiro atoms. The van der Waals surface area contributed by atoms with Gasteiger partial charge in [-0.3, -0.25) is 9.69 Å². The van der Waals surface area contributed by atoms with Crippen LogP contribution in [0.25, 0.3) is 0 Å². The molecule has 0 aliphatic carbocycles. The predicted molar refractivity (Wildman–Crippen MR) is 89.5 cm³/mol. The Morgan fingerprint density at radius 2 is 1.83 bits per heavy atom. The van der Waals surface area contributed by atoms with E-state index in [9.17, 15) is 9.59 Å². The van der Waals surface area contributed by atoms with Gasteiger partial charge < -0.3 is 10.5 Å². The summed E-state index contributed by atoms with van der Waals surface area (Å²) in [5.74, 6) is -0.124. The molecule has 1 aromatic heterocycles. The van der Waals surface area contributed by atoms with Gasteiger partial charge in [0.15, 0.2) is 5.69 Å². The molecule has 0 saturated carbocycles. The van der Waals surface area contributed by atoms with Gasteiger partial charge in [0.2, 0.25) is 0 Å². The normalized spacial score (nSPS) is 12.1. The number of ether oxygens (including phenoxy) is 1. The monoisotopic (exact) mass is 324 g/mol. The predicted octanol–water partition coefficient (Wildman–Crippen LogP) is 2.93. The molecule has 23 heavy (non-hydrogen) atoms. The fraction of sp³-hybridized carbons (Fsp3) is 0.688. The lowest BCUT2D eigenvalue weighted by Gasteiger charge is -2.36. The number of amides is 2. The van der Waals surface area contributed by atoms with E-state index in [1.807, 2.05) is 48.5 Å². The van der Waals surface area contributed by atoms with E-state index in [0.717, 1.165) is 6.42 Å². The van der Waals surface area contributed by atoms with Gasteiger partial charge in [-0.05, 0) is 48.0 Å². The number of hydrogen-bond acceptors (Lipinski definition) is 4. The molecule has 7 heteroatoms. The van der Waals surface area contributed by atoms with Crippen molar-refractivity contribution < 1.29 is 14.3 Å². The summed E-state index contributed by atoms with van der Waals surface area (Å²) in [4.78, 5) is 25.6. The van der Waals surface area contributed by atoms with Gasteiger partial charge in [0.25, 0.3) is 5.91 Å². The highest BCUT2D eigenvalue weighted by atomic mass is 16.6. The highest BCUT2D eigenvalue weighted by Gasteiger charge is 2.35. The van der Waals surface area contributed by atoms with Crippen LogP contribution in [-0.2, 0) is 11.3 Å². The Balaban J connectivity index is 3.37. The molecule has 2 amide bonds. The zero-order valence-corrected chi connectivity index (χ0v) is 15.1. The van der Waals surface area contributed by atoms with Gasteiger partial charge in [-0.25, -0.2) is 9.48 Å². The summed E-state index contributed by atoms with van der Waals surface area (Å²) in [6, 6.07) is 1.53. The number of carbonyl (C=O) groups is 2. The van der Waals surface area contributed by atoms with Crippen LogP contribution in [-0.4, -0.2) is 32.9 Å². The third-order valence-electron chi connectivity index (χ3n) is 2.92. The van der Waals surface area contributed by atoms with Crippen LogP contribution < -0.4 is 10.6 Å². The summed E-state index contributed by atoms with van der Waals surface area (Å²) in [6.07, 6.45) is 0.317. The maximum atomic E-state index is 12.7. The molecule has 7 nitrogen and oxygen atoms in total. The van der Waals surface area contributed by atoms with E-state index in [1.165, 1.54) is 11.0 Å². The Labute approximate surface area is 137 Å². The summed E-state index contributed by atoms with van der Waals surface area (Å²) in [5.41, 5.74) is 4.29. The second kappa shape index (κ2) is 6.60. The highest BCUT2D eigenvalue weighted by Crippen LogP contribution is 2.27. The summed E-state index contributed by atoms with van der Waals surface area (Å²) in [6.45, 7) is 13.7. The molecule has 0 atom stereocenters. The van der Waals surface area contributed by atoms with Crippen LogP contribution in [0.4, 0.5) is 10.6 Å². The number of aromatic nitrogens is 2. The zero-order valence-electron chi connectivity index (χ0n) is 15.1. The lowest BCUT2D eigenvalue weighted by Crippen LogP contribution is -2.49. The van der Waals surface area contributed by atoms with Crippen molar-refractivity contribution in [1.82, 2.24) is 9.78 Å². The number of anilines is 1. The van der Waals surface area contributed by atoms with E-state index in [1.54, 1.807) is 4.68 Å². The molecule has 0 aliphatic rings. The molecule has 2 N–H and O–H groups in total. The molecule has 1 aromatic rings. The minimum absolute atomic E-state index is 0.131. The van der Waals surface area contributed by atoms with E-state index >= 15 is 0 Å². The number of nitrogens with two attached hydrogens (primary N) is 1. The summed E-state index contributed by atoms with van der Waals surface area (Å²) in [7, 11) is 0. The van der Waals surface area contributed by atoms with Crippen molar-refractivity contribution in [2.75, 3.05) is 4.90 Å². The molecular formula is C16H28N4O3. The molecular weight excluding hydrogens is 296 g/mol. The van der Waals surface area contributed by atoms with Crippen molar-refractivity contribution in [1.29, 1.82) is 0 Å². The molecule has 130 valence electrons. The maximum Gasteiger partial charge on any atom is 0.416 e. The van der Waals surface area contributed by atoms with Gasteiger partial charge in [-0.1, -0.05) is 6.92 Å². The molecule has 0 unspecified atom stereocenters. The van der Waals surface area contributed by atoms with Crippen LogP contribution in [0.1, 0.15) is 65.4 Å². The van der Waals surface area contributed by atoms with E-state index in [4.69, 9.17) is 10.5 Å². The molecule has 0 fully saturated rings. The van der Waals surface area contributed by atoms with Crippen molar-refractivity contribution in [3.63, 3.8) is 0 Å². The van der Waals surface area contributed by atoms with Crippen molar-refractivity contribution in [3.8, 4) is 0 Å². The van der Waals surface area contributed by atoms with E-state index in [-0.39, 0.29) is 5.69 Å². The molecule has 0 saturated heterocycles. The summed E-state index contributed by atoms with van der Waals surface area (Å²) < 4.78 is 7.13. The lowest BCUT2D eigenvalue weighted by atomic mass is 10.1. The average Bonchev–Trinajstić information content (AvgIpc) is 2.69. The van der Waals surface area contributed by atoms with Crippen molar-refractivity contribution in [2.24, 2.45) is 5.73 Å². The fourth-order valence-electron chi connectivity index (χ4n) is 2.10. The zero-order chi connectivity index (χ0) is 18.0. The first kappa shape index (κ1) is 19.0. The van der Waals surface area contributed by atoms with Gasteiger partial charge in [0, 0.05) is 18.2 Å². The van der Waals surface area contributed by atoms with E-state index < -0.39 is 23.1 Å². The Morgan fingerprint density at radius 3 is 2.22 bits per heavy atom. The smallest absolute Gasteiger partial charge is 0.416 e. The Kier molecular flexibility index (Phi) is 5.45. The highest BCUT2D eigenvalue weighted by molar-refractivity contribution is 5.94. The lowest BCUT2D eigenvalue weighted by molar-refractivity contribution is 0.0546. The Bertz CT molecular complexity index is 579. The third kappa shape index (κ3) is 4.97. The SMILES string of the molecule is CCCn1nc(C(N)=O)cc1N(C(=O)OC(C)(C)C)C(C)(C)C. The first-order valence-corrected chi connectivity index (χ1v) is 7.77. The van der Waals surface area contributed by atoms with Crippen LogP contribution in [0.15, 0.2) is 6.07 Å². The topological polar surface area (TPSA) is 90.5 Å². The maximum absolute atomic E-state index is 12.7. The Hall–Kier alpha value is -2.05. The van der Waals surface area contributed by atoms with E-state index in [2.05, 4.69) is 5.10 Å². The number of hydrogen-bond donors (Lipinski definition) is 1. The number of carbonyl (C=O) groups excluding carboxylic acids is 2. The minimum Gasteiger partial charge on any atom is -0.443 e. The largest absolute Gasteiger partial charge is 0.443 e. The first-order valence-electron chi connectivity index (χ1n) is 7.77. The van der Waals surface area contributed by atoms with Crippen molar-refractivity contribution in [3.05, 3.63) is 11.8 Å². The molecule has 0 bridgehead atoms. The van der Waals surface area contributed by atoms with Crippen molar-refractivity contribution in [2.45, 2.75) is 72.6 Å². The molecule has 0 radical (unpaired) electrons. The quantitative estimate of drug-likeness (QED) is 0.922. The van der Waals surface area contributed by atoms with Crippen LogP contribution in [0.2, 0.25) is 0 Å². The second-order valence-electron chi connectivity index (χ2n) is 7.46. The minimum atomic E-state index is -0.626. The molecule has 0 aromatic carbocycles. The molecule has 1 heterocycles. The summed E-state index contributed by atoms with van der Waals surface area (Å²) >= 11 is 0. The number of primary amides is 1. The van der Waals surface area contributed by atoms with Gasteiger partial charge in [-0.2, -0.15) is 5.10 Å². The fourth-order valence-corrected chi connectivity index (χ4v) is 2.10. The number of aryl methyl sites for hydroxylation is 1. The third-order valence-corrected chi connectivity index (χ3v) is 2.92. The van der Waals surface area contributed by atoms with Crippen LogP contribution in [0.3, 0.4) is 0 Å². The number of rotatable bonds is 4. The summed E-state index contributed by atoms with van der Waals surface area (Å²) in [5, 5.41) is 4.21. The second-order valence-corrected chi connectivity index (χ2v) is 7.46. The van der Waals surface area contributed by atoms with Gasteiger partial charge in [0.1, 0.15) is 11.4 Å². The van der Waals surface area contributed by atoms with Crippen molar-refractivity contribution >= 4 is 17.8 Å². The van der Waals surface area contributed by atoms with Gasteiger partial charge in [-0.15, -0.1) is 0 Å². The number of nitrogens with zero attached hydrogens (tertiary/aromatic N) is 3. The molecule has 0 aliphatic heterocycles. The average molecular weight is 324 g/mol. The van der Waals surface area contributed by atoms with Gasteiger partial charge in [0.05, 0.1) is 0 Å². The molecule has 1 rings (SSSR count). The Morgan fingerprint density at radius 1 is 1.26 bits per heavy atom. The van der Waals surface area contributed by atoms with Crippen LogP contribution >= 0.6 is 0 Å². The van der Waals surface area contributed by atoms with Gasteiger partial charge >= 0.3 is 6.09 Å². The standard InChI is InChI=1S/C16H28N4O3/c1-8-9-19-12(10-11(18-19)13(17)21)20(15(2,3)4)14(22)23-16(5,6)7/h10H,8-9H2,1-7H3,(H2,17,21). The van der Waals surface area contributed by atoms with E-state index in [0.29, 0.717) is 12.4 Å².